The number of halogens is 3. The zero-order valence-electron chi connectivity index (χ0n) is 16.6. The van der Waals surface area contributed by atoms with Crippen molar-refractivity contribution in [2.75, 3.05) is 49.5 Å². The van der Waals surface area contributed by atoms with Gasteiger partial charge in [0.15, 0.2) is 0 Å². The molecule has 1 aromatic carbocycles. The van der Waals surface area contributed by atoms with Crippen LogP contribution in [0.1, 0.15) is 19.3 Å². The molecule has 1 unspecified atom stereocenters. The van der Waals surface area contributed by atoms with Gasteiger partial charge in [-0.2, -0.15) is 0 Å². The van der Waals surface area contributed by atoms with Crippen molar-refractivity contribution in [1.29, 1.82) is 0 Å². The van der Waals surface area contributed by atoms with Gasteiger partial charge in [0.1, 0.15) is 11.9 Å². The van der Waals surface area contributed by atoms with Gasteiger partial charge in [0.05, 0.1) is 18.3 Å². The van der Waals surface area contributed by atoms with Crippen LogP contribution >= 0.6 is 0 Å². The van der Waals surface area contributed by atoms with Crippen molar-refractivity contribution in [3.63, 3.8) is 0 Å². The summed E-state index contributed by atoms with van der Waals surface area (Å²) in [5.41, 5.74) is 0.874. The first kappa shape index (κ1) is 20.9. The van der Waals surface area contributed by atoms with Crippen LogP contribution in [0.3, 0.4) is 0 Å². The molecule has 1 aromatic rings. The van der Waals surface area contributed by atoms with E-state index in [-0.39, 0.29) is 18.9 Å². The molecule has 2 amide bonds. The lowest BCUT2D eigenvalue weighted by Crippen LogP contribution is -2.61. The lowest BCUT2D eigenvalue weighted by Gasteiger charge is -2.44. The Morgan fingerprint density at radius 1 is 1.10 bits per heavy atom. The number of piperidine rings is 2. The highest BCUT2D eigenvalue weighted by Crippen LogP contribution is 2.30. The van der Waals surface area contributed by atoms with Crippen LogP contribution in [0.25, 0.3) is 0 Å². The number of carbonyl (C=O) groups is 2. The minimum Gasteiger partial charge on any atom is -0.374 e. The van der Waals surface area contributed by atoms with Crippen LogP contribution in [0.5, 0.6) is 0 Å². The van der Waals surface area contributed by atoms with Crippen LogP contribution in [0.4, 0.5) is 24.5 Å². The highest BCUT2D eigenvalue weighted by Gasteiger charge is 2.45. The van der Waals surface area contributed by atoms with Crippen LogP contribution in [0, 0.1) is 5.82 Å². The molecular formula is C20H26F3N5O2. The highest BCUT2D eigenvalue weighted by molar-refractivity contribution is 6.01. The predicted octanol–water partition coefficient (Wildman–Crippen LogP) is 1.16. The van der Waals surface area contributed by atoms with Crippen molar-refractivity contribution in [2.45, 2.75) is 37.3 Å². The Bertz CT molecular complexity index is 814. The molecule has 3 saturated heterocycles. The highest BCUT2D eigenvalue weighted by atomic mass is 19.3. The SMILES string of the molecule is O=C1CC[C@H](Nc2ccc(N3CCN(C4CCNCC4(F)F)CC3)c(F)c2)C(=O)N1. The maximum Gasteiger partial charge on any atom is 0.275 e. The Hall–Kier alpha value is -2.33. The number of hydrogen-bond donors (Lipinski definition) is 3. The molecule has 3 aliphatic rings. The molecule has 164 valence electrons. The lowest BCUT2D eigenvalue weighted by atomic mass is 9.99. The number of hydrogen-bond acceptors (Lipinski definition) is 6. The lowest BCUT2D eigenvalue weighted by molar-refractivity contribution is -0.133. The number of rotatable bonds is 4. The number of piperazine rings is 1. The Labute approximate surface area is 173 Å². The van der Waals surface area contributed by atoms with Crippen LogP contribution in [-0.2, 0) is 9.59 Å². The van der Waals surface area contributed by atoms with Crippen LogP contribution in [0.15, 0.2) is 18.2 Å². The molecule has 3 N–H and O–H groups in total. The minimum absolute atomic E-state index is 0.240. The van der Waals surface area contributed by atoms with Gasteiger partial charge in [-0.05, 0) is 37.6 Å². The molecule has 0 radical (unpaired) electrons. The van der Waals surface area contributed by atoms with Gasteiger partial charge >= 0.3 is 0 Å². The first-order chi connectivity index (χ1) is 14.3. The molecule has 2 atom stereocenters. The van der Waals surface area contributed by atoms with E-state index in [4.69, 9.17) is 0 Å². The number of nitrogens with zero attached hydrogens (tertiary/aromatic N) is 2. The van der Waals surface area contributed by atoms with Crippen LogP contribution in [0.2, 0.25) is 0 Å². The molecule has 0 spiro atoms. The summed E-state index contributed by atoms with van der Waals surface area (Å²) < 4.78 is 43.1. The average Bonchev–Trinajstić information content (AvgIpc) is 2.70. The fourth-order valence-corrected chi connectivity index (χ4v) is 4.43. The summed E-state index contributed by atoms with van der Waals surface area (Å²) in [5.74, 6) is -3.91. The molecule has 3 heterocycles. The number of imide groups is 1. The summed E-state index contributed by atoms with van der Waals surface area (Å²) in [4.78, 5) is 26.8. The van der Waals surface area contributed by atoms with Gasteiger partial charge in [0.25, 0.3) is 5.92 Å². The van der Waals surface area contributed by atoms with Crippen molar-refractivity contribution in [1.82, 2.24) is 15.5 Å². The Morgan fingerprint density at radius 2 is 1.87 bits per heavy atom. The Kier molecular flexibility index (Phi) is 5.88. The topological polar surface area (TPSA) is 76.7 Å². The second-order valence-electron chi connectivity index (χ2n) is 8.08. The zero-order chi connectivity index (χ0) is 21.3. The van der Waals surface area contributed by atoms with E-state index in [0.29, 0.717) is 56.9 Å². The molecule has 3 aliphatic heterocycles. The predicted molar refractivity (Wildman–Crippen MR) is 106 cm³/mol. The number of amides is 2. The molecular weight excluding hydrogens is 399 g/mol. The summed E-state index contributed by atoms with van der Waals surface area (Å²) in [6.45, 7) is 2.13. The maximum absolute atomic E-state index is 14.7. The van der Waals surface area contributed by atoms with Crippen molar-refractivity contribution in [3.8, 4) is 0 Å². The van der Waals surface area contributed by atoms with Crippen molar-refractivity contribution < 1.29 is 22.8 Å². The quantitative estimate of drug-likeness (QED) is 0.629. The molecule has 3 fully saturated rings. The summed E-state index contributed by atoms with van der Waals surface area (Å²) in [7, 11) is 0. The minimum atomic E-state index is -2.75. The van der Waals surface area contributed by atoms with E-state index in [0.717, 1.165) is 0 Å². The number of nitrogens with one attached hydrogen (secondary N) is 3. The third-order valence-electron chi connectivity index (χ3n) is 6.07. The zero-order valence-corrected chi connectivity index (χ0v) is 16.6. The first-order valence-corrected chi connectivity index (χ1v) is 10.3. The van der Waals surface area contributed by atoms with Gasteiger partial charge < -0.3 is 15.5 Å². The van der Waals surface area contributed by atoms with E-state index >= 15 is 0 Å². The first-order valence-electron chi connectivity index (χ1n) is 10.3. The van der Waals surface area contributed by atoms with E-state index in [1.807, 2.05) is 9.80 Å². The molecule has 7 nitrogen and oxygen atoms in total. The van der Waals surface area contributed by atoms with Gasteiger partial charge in [-0.3, -0.25) is 19.8 Å². The van der Waals surface area contributed by atoms with Gasteiger partial charge in [-0.15, -0.1) is 0 Å². The van der Waals surface area contributed by atoms with E-state index in [9.17, 15) is 22.8 Å². The molecule has 0 bridgehead atoms. The number of carbonyl (C=O) groups excluding carboxylic acids is 2. The molecule has 0 saturated carbocycles. The standard InChI is InChI=1S/C20H26F3N5O2/c21-14-11-13(25-15-2-4-18(29)26-19(15)30)1-3-16(14)27-7-9-28(10-8-27)17-5-6-24-12-20(17,22)23/h1,3,11,15,17,24-25H,2,4-10,12H2,(H,26,29,30)/t15-,17?/m0/s1. The monoisotopic (exact) mass is 425 g/mol. The van der Waals surface area contributed by atoms with E-state index in [1.165, 1.54) is 6.07 Å². The molecule has 4 rings (SSSR count). The van der Waals surface area contributed by atoms with Gasteiger partial charge in [0.2, 0.25) is 11.8 Å². The third kappa shape index (κ3) is 4.39. The summed E-state index contributed by atoms with van der Waals surface area (Å²) in [6, 6.07) is 3.30. The summed E-state index contributed by atoms with van der Waals surface area (Å²) in [6.07, 6.45) is 1.00. The summed E-state index contributed by atoms with van der Waals surface area (Å²) in [5, 5.41) is 7.96. The fourth-order valence-electron chi connectivity index (χ4n) is 4.43. The molecule has 30 heavy (non-hydrogen) atoms. The average molecular weight is 425 g/mol. The fraction of sp³-hybridized carbons (Fsp3) is 0.600. The number of benzene rings is 1. The van der Waals surface area contributed by atoms with Gasteiger partial charge in [-0.25, -0.2) is 13.2 Å². The number of alkyl halides is 2. The second kappa shape index (κ2) is 8.43. The smallest absolute Gasteiger partial charge is 0.275 e. The van der Waals surface area contributed by atoms with E-state index in [2.05, 4.69) is 16.0 Å². The van der Waals surface area contributed by atoms with Crippen molar-refractivity contribution in [2.24, 2.45) is 0 Å². The molecule has 0 aliphatic carbocycles. The van der Waals surface area contributed by atoms with Crippen molar-refractivity contribution >= 4 is 23.2 Å². The normalized spacial score (nSPS) is 27.6. The van der Waals surface area contributed by atoms with Crippen LogP contribution < -0.4 is 20.9 Å². The molecule has 10 heteroatoms. The van der Waals surface area contributed by atoms with E-state index in [1.54, 1.807) is 12.1 Å². The third-order valence-corrected chi connectivity index (χ3v) is 6.07. The maximum atomic E-state index is 14.7. The van der Waals surface area contributed by atoms with Gasteiger partial charge in [-0.1, -0.05) is 0 Å². The van der Waals surface area contributed by atoms with E-state index < -0.39 is 29.7 Å². The Balaban J connectivity index is 1.36. The number of anilines is 2. The molecule has 0 aromatic heterocycles. The largest absolute Gasteiger partial charge is 0.374 e. The summed E-state index contributed by atoms with van der Waals surface area (Å²) >= 11 is 0. The van der Waals surface area contributed by atoms with Gasteiger partial charge in [0, 0.05) is 38.3 Å². The van der Waals surface area contributed by atoms with Crippen molar-refractivity contribution in [3.05, 3.63) is 24.0 Å². The van der Waals surface area contributed by atoms with Crippen LogP contribution in [-0.4, -0.2) is 74.0 Å². The Morgan fingerprint density at radius 3 is 2.53 bits per heavy atom. The second-order valence-corrected chi connectivity index (χ2v) is 8.08.